The van der Waals surface area contributed by atoms with E-state index in [0.717, 1.165) is 41.7 Å². The van der Waals surface area contributed by atoms with E-state index >= 15 is 0 Å². The summed E-state index contributed by atoms with van der Waals surface area (Å²) in [5, 5.41) is 3.54. The first kappa shape index (κ1) is 37.0. The van der Waals surface area contributed by atoms with Gasteiger partial charge >= 0.3 is 0 Å². The van der Waals surface area contributed by atoms with E-state index in [-0.39, 0.29) is 68.4 Å². The van der Waals surface area contributed by atoms with Crippen molar-refractivity contribution < 1.29 is 41.1 Å². The zero-order valence-electron chi connectivity index (χ0n) is 28.6. The number of carbonyl (C=O) groups is 3. The molecule has 1 saturated heterocycles. The minimum Gasteiger partial charge on any atom is -0.488 e. The second-order valence-corrected chi connectivity index (χ2v) is 13.6. The Morgan fingerprint density at radius 1 is 0.846 bits per heavy atom. The summed E-state index contributed by atoms with van der Waals surface area (Å²) >= 11 is 0. The molecule has 52 heavy (non-hydrogen) atoms. The number of ether oxygens (including phenoxy) is 1. The number of hydrogen-bond acceptors (Lipinski definition) is 5. The molecule has 2 unspecified atom stereocenters. The minimum atomic E-state index is -1.37. The number of primary amides is 1. The number of nitrogens with two attached hydrogens (primary N) is 1. The molecule has 2 atom stereocenters. The highest BCUT2D eigenvalue weighted by Gasteiger charge is 2.43. The number of halogens is 5. The number of nitrogens with one attached hydrogen (secondary N) is 1. The second kappa shape index (κ2) is 16.3. The van der Waals surface area contributed by atoms with Gasteiger partial charge in [0.2, 0.25) is 17.6 Å². The van der Waals surface area contributed by atoms with Crippen molar-refractivity contribution in [1.29, 1.82) is 0 Å². The van der Waals surface area contributed by atoms with E-state index in [1.54, 1.807) is 9.80 Å². The maximum Gasteiger partial charge on any atom is 0.252 e. The van der Waals surface area contributed by atoms with Crippen LogP contribution in [-0.2, 0) is 27.2 Å². The van der Waals surface area contributed by atoms with Gasteiger partial charge in [0.1, 0.15) is 0 Å². The van der Waals surface area contributed by atoms with Gasteiger partial charge in [0, 0.05) is 50.1 Å². The molecule has 2 aliphatic heterocycles. The molecule has 6 rings (SSSR count). The fourth-order valence-corrected chi connectivity index (χ4v) is 7.08. The van der Waals surface area contributed by atoms with Crippen LogP contribution >= 0.6 is 0 Å². The fourth-order valence-electron chi connectivity index (χ4n) is 7.08. The number of amides is 3. The van der Waals surface area contributed by atoms with E-state index in [0.29, 0.717) is 43.9 Å². The highest BCUT2D eigenvalue weighted by atomic mass is 19.2. The molecule has 276 valence electrons. The van der Waals surface area contributed by atoms with Gasteiger partial charge in [-0.05, 0) is 85.4 Å². The molecular formula is C39H41F5N4O4. The number of fused-ring (bicyclic) bond motifs is 2. The van der Waals surface area contributed by atoms with E-state index in [2.05, 4.69) is 5.32 Å². The first-order valence-corrected chi connectivity index (χ1v) is 17.6. The summed E-state index contributed by atoms with van der Waals surface area (Å²) in [5.74, 6) is -6.97. The third-order valence-electron chi connectivity index (χ3n) is 9.86. The van der Waals surface area contributed by atoms with Gasteiger partial charge in [0.25, 0.3) is 5.91 Å². The Labute approximate surface area is 298 Å². The van der Waals surface area contributed by atoms with Crippen molar-refractivity contribution in [1.82, 2.24) is 15.1 Å². The molecule has 2 bridgehead atoms. The van der Waals surface area contributed by atoms with E-state index in [1.165, 1.54) is 12.1 Å². The second-order valence-electron chi connectivity index (χ2n) is 13.6. The standard InChI is InChI=1S/C39H41F5N4O4/c40-29-6-1-5-25(36(29)43)17-18-48(27-13-14-27)39(51)35-28(20-26-21-47(22-32(35)46-26)34(50)8-2-7-33(45)49)24-11-9-23(10-12-24)4-3-19-52-38-31(42)16-15-30(41)37(38)44/h1,5-6,9-12,15-16,26-27,32,46H,2-4,7-8,13-14,17-22H2,(H2,45,49). The number of benzene rings is 3. The van der Waals surface area contributed by atoms with Crippen molar-refractivity contribution in [3.63, 3.8) is 0 Å². The SMILES string of the molecule is NC(=O)CCCC(=O)N1CC2CC(c3ccc(CCCOc4c(F)ccc(F)c4F)cc3)=C(C(=O)N(CCc3cccc(F)c3F)C3CC3)C(C1)N2. The summed E-state index contributed by atoms with van der Waals surface area (Å²) in [6.45, 7) is 0.827. The van der Waals surface area contributed by atoms with Gasteiger partial charge in [-0.15, -0.1) is 0 Å². The molecule has 8 nitrogen and oxygen atoms in total. The molecule has 3 N–H and O–H groups in total. The zero-order valence-corrected chi connectivity index (χ0v) is 28.6. The molecule has 3 amide bonds. The molecule has 2 heterocycles. The van der Waals surface area contributed by atoms with Gasteiger partial charge in [-0.2, -0.15) is 4.39 Å². The van der Waals surface area contributed by atoms with Crippen molar-refractivity contribution in [2.75, 3.05) is 26.2 Å². The molecular weight excluding hydrogens is 683 g/mol. The Morgan fingerprint density at radius 3 is 2.31 bits per heavy atom. The minimum absolute atomic E-state index is 0.0356. The van der Waals surface area contributed by atoms with Crippen LogP contribution in [0, 0.1) is 29.1 Å². The summed E-state index contributed by atoms with van der Waals surface area (Å²) in [6, 6.07) is 12.5. The van der Waals surface area contributed by atoms with Crippen LogP contribution in [0.3, 0.4) is 0 Å². The van der Waals surface area contributed by atoms with E-state index in [4.69, 9.17) is 10.5 Å². The van der Waals surface area contributed by atoms with Gasteiger partial charge < -0.3 is 25.6 Å². The van der Waals surface area contributed by atoms with E-state index in [9.17, 15) is 36.3 Å². The number of aryl methyl sites for hydroxylation is 1. The average Bonchev–Trinajstić information content (AvgIpc) is 3.96. The molecule has 3 aromatic carbocycles. The molecule has 1 saturated carbocycles. The van der Waals surface area contributed by atoms with Crippen molar-refractivity contribution in [3.05, 3.63) is 106 Å². The Bertz CT molecular complexity index is 1850. The van der Waals surface area contributed by atoms with Gasteiger partial charge in [0.05, 0.1) is 12.6 Å². The summed E-state index contributed by atoms with van der Waals surface area (Å²) in [5.41, 5.74) is 8.56. The molecule has 2 fully saturated rings. The maximum absolute atomic E-state index is 14.6. The Hall–Kier alpha value is -4.78. The van der Waals surface area contributed by atoms with Crippen LogP contribution in [0.2, 0.25) is 0 Å². The van der Waals surface area contributed by atoms with Crippen LogP contribution in [0.4, 0.5) is 22.0 Å². The van der Waals surface area contributed by atoms with E-state index < -0.39 is 46.8 Å². The van der Waals surface area contributed by atoms with Crippen LogP contribution in [0.1, 0.15) is 61.6 Å². The predicted octanol–water partition coefficient (Wildman–Crippen LogP) is 5.61. The zero-order chi connectivity index (χ0) is 36.9. The number of hydrogen-bond donors (Lipinski definition) is 2. The molecule has 3 aromatic rings. The highest BCUT2D eigenvalue weighted by Crippen LogP contribution is 2.37. The number of rotatable bonds is 15. The maximum atomic E-state index is 14.6. The van der Waals surface area contributed by atoms with Gasteiger partial charge in [-0.3, -0.25) is 14.4 Å². The largest absolute Gasteiger partial charge is 0.488 e. The third kappa shape index (κ3) is 8.63. The smallest absolute Gasteiger partial charge is 0.252 e. The van der Waals surface area contributed by atoms with Crippen molar-refractivity contribution in [3.8, 4) is 5.75 Å². The average molecular weight is 725 g/mol. The van der Waals surface area contributed by atoms with Crippen molar-refractivity contribution in [2.45, 2.75) is 75.9 Å². The van der Waals surface area contributed by atoms with Crippen LogP contribution < -0.4 is 15.8 Å². The number of carbonyl (C=O) groups excluding carboxylic acids is 3. The Kier molecular flexibility index (Phi) is 11.6. The summed E-state index contributed by atoms with van der Waals surface area (Å²) in [6.07, 6.45) is 3.69. The molecule has 0 radical (unpaired) electrons. The molecule has 13 heteroatoms. The summed E-state index contributed by atoms with van der Waals surface area (Å²) in [7, 11) is 0. The summed E-state index contributed by atoms with van der Waals surface area (Å²) in [4.78, 5) is 42.5. The fraction of sp³-hybridized carbons (Fsp3) is 0.410. The van der Waals surface area contributed by atoms with Crippen LogP contribution in [-0.4, -0.2) is 71.9 Å². The van der Waals surface area contributed by atoms with Crippen LogP contribution in [0.25, 0.3) is 5.57 Å². The molecule has 1 aliphatic carbocycles. The third-order valence-corrected chi connectivity index (χ3v) is 9.86. The topological polar surface area (TPSA) is 105 Å². The first-order chi connectivity index (χ1) is 25.0. The lowest BCUT2D eigenvalue weighted by Gasteiger charge is -2.45. The normalized spacial score (nSPS) is 18.4. The van der Waals surface area contributed by atoms with Gasteiger partial charge in [-0.25, -0.2) is 17.6 Å². The lowest BCUT2D eigenvalue weighted by molar-refractivity contribution is -0.134. The first-order valence-electron chi connectivity index (χ1n) is 17.6. The van der Waals surface area contributed by atoms with Gasteiger partial charge in [0.15, 0.2) is 29.0 Å². The number of nitrogens with zero attached hydrogens (tertiary/aromatic N) is 2. The quantitative estimate of drug-likeness (QED) is 0.121. The molecule has 0 aromatic heterocycles. The van der Waals surface area contributed by atoms with Crippen LogP contribution in [0.15, 0.2) is 60.2 Å². The van der Waals surface area contributed by atoms with Gasteiger partial charge in [-0.1, -0.05) is 36.4 Å². The lowest BCUT2D eigenvalue weighted by atomic mass is 9.82. The Balaban J connectivity index is 1.22. The molecule has 3 aliphatic rings. The highest BCUT2D eigenvalue weighted by molar-refractivity contribution is 6.03. The summed E-state index contributed by atoms with van der Waals surface area (Å²) < 4.78 is 75.1. The van der Waals surface area contributed by atoms with E-state index in [1.807, 2.05) is 24.3 Å². The predicted molar refractivity (Wildman–Crippen MR) is 183 cm³/mol. The van der Waals surface area contributed by atoms with Crippen LogP contribution in [0.5, 0.6) is 5.75 Å². The Morgan fingerprint density at radius 2 is 1.58 bits per heavy atom. The number of piperazine rings is 1. The monoisotopic (exact) mass is 724 g/mol. The molecule has 0 spiro atoms. The lowest BCUT2D eigenvalue weighted by Crippen LogP contribution is -2.62. The van der Waals surface area contributed by atoms with Crippen molar-refractivity contribution in [2.24, 2.45) is 5.73 Å². The van der Waals surface area contributed by atoms with Crippen molar-refractivity contribution >= 4 is 23.3 Å².